The number of allylic oxidation sites excluding steroid dienone is 1. The van der Waals surface area contributed by atoms with Crippen LogP contribution in [-0.2, 0) is 17.8 Å². The minimum atomic E-state index is -0.387. The highest BCUT2D eigenvalue weighted by Crippen LogP contribution is 2.30. The molecule has 2 aromatic carbocycles. The van der Waals surface area contributed by atoms with Crippen molar-refractivity contribution in [3.63, 3.8) is 0 Å². The van der Waals surface area contributed by atoms with Gasteiger partial charge in [-0.3, -0.25) is 9.36 Å². The smallest absolute Gasteiger partial charge is 0.234 e. The fourth-order valence-electron chi connectivity index (χ4n) is 3.10. The Morgan fingerprint density at radius 3 is 2.72 bits per heavy atom. The first kappa shape index (κ1) is 23.9. The molecular weight excluding hydrogens is 444 g/mol. The molecule has 3 aromatic rings. The Hall–Kier alpha value is -2.77. The van der Waals surface area contributed by atoms with Crippen LogP contribution in [0.4, 0.5) is 5.69 Å². The lowest BCUT2D eigenvalue weighted by molar-refractivity contribution is -0.113. The first-order chi connectivity index (χ1) is 15.4. The summed E-state index contributed by atoms with van der Waals surface area (Å²) in [4.78, 5) is 12.4. The van der Waals surface area contributed by atoms with Crippen molar-refractivity contribution < 1.29 is 9.53 Å². The van der Waals surface area contributed by atoms with Gasteiger partial charge in [0.25, 0.3) is 0 Å². The summed E-state index contributed by atoms with van der Waals surface area (Å²) in [6, 6.07) is 13.5. The second-order valence-corrected chi connectivity index (χ2v) is 8.67. The van der Waals surface area contributed by atoms with E-state index in [1.807, 2.05) is 60.9 Å². The number of nitrogens with zero attached hydrogens (tertiary/aromatic N) is 3. The molecule has 6 nitrogen and oxygen atoms in total. The summed E-state index contributed by atoms with van der Waals surface area (Å²) < 4.78 is 7.96. The molecule has 0 aliphatic rings. The van der Waals surface area contributed by atoms with Gasteiger partial charge in [0, 0.05) is 12.2 Å². The lowest BCUT2D eigenvalue weighted by atomic mass is 10.1. The fourth-order valence-corrected chi connectivity index (χ4v) is 4.02. The van der Waals surface area contributed by atoms with Crippen LogP contribution in [0.25, 0.3) is 0 Å². The maximum Gasteiger partial charge on any atom is 0.234 e. The van der Waals surface area contributed by atoms with Gasteiger partial charge in [0.15, 0.2) is 17.1 Å². The highest BCUT2D eigenvalue weighted by atomic mass is 35.5. The second kappa shape index (κ2) is 11.2. The van der Waals surface area contributed by atoms with Gasteiger partial charge < -0.3 is 10.1 Å². The van der Waals surface area contributed by atoms with Gasteiger partial charge in [0.2, 0.25) is 5.91 Å². The zero-order chi connectivity index (χ0) is 23.1. The van der Waals surface area contributed by atoms with Gasteiger partial charge in [-0.2, -0.15) is 0 Å². The van der Waals surface area contributed by atoms with E-state index in [2.05, 4.69) is 29.0 Å². The van der Waals surface area contributed by atoms with E-state index < -0.39 is 0 Å². The van der Waals surface area contributed by atoms with Crippen LogP contribution in [-0.4, -0.2) is 26.4 Å². The van der Waals surface area contributed by atoms with Crippen molar-refractivity contribution in [1.82, 2.24) is 14.8 Å². The summed E-state index contributed by atoms with van der Waals surface area (Å²) in [5.74, 6) is 1.34. The molecule has 0 aliphatic heterocycles. The molecule has 0 radical (unpaired) electrons. The molecule has 1 aromatic heterocycles. The molecule has 3 rings (SSSR count). The molecule has 0 saturated carbocycles. The van der Waals surface area contributed by atoms with Crippen LogP contribution in [0, 0.1) is 6.92 Å². The van der Waals surface area contributed by atoms with Crippen LogP contribution in [0.5, 0.6) is 5.75 Å². The zero-order valence-electron chi connectivity index (χ0n) is 18.5. The fraction of sp³-hybridized carbons (Fsp3) is 0.292. The first-order valence-electron chi connectivity index (χ1n) is 10.4. The summed E-state index contributed by atoms with van der Waals surface area (Å²) in [7, 11) is 0. The summed E-state index contributed by atoms with van der Waals surface area (Å²) in [6.07, 6.45) is 2.34. The maximum absolute atomic E-state index is 12.4. The monoisotopic (exact) mass is 470 g/mol. The lowest BCUT2D eigenvalue weighted by Gasteiger charge is -2.17. The molecule has 1 heterocycles. The average molecular weight is 471 g/mol. The van der Waals surface area contributed by atoms with E-state index in [-0.39, 0.29) is 17.8 Å². The molecule has 1 N–H and O–H groups in total. The Morgan fingerprint density at radius 2 is 2.03 bits per heavy atom. The summed E-state index contributed by atoms with van der Waals surface area (Å²) in [6.45, 7) is 10.3. The molecule has 1 atom stereocenters. The standard InChI is InChI=1S/C24H27ClN4O2S/c1-5-13-29-23(17(4)31-21-14-16(3)7-12-20(21)25)27-28-24(29)32-15-22(30)26-19-10-8-18(6-2)9-11-19/h5,7-12,14,17H,1,6,13,15H2,2-4H3,(H,26,30). The molecule has 168 valence electrons. The topological polar surface area (TPSA) is 69.0 Å². The van der Waals surface area contributed by atoms with Gasteiger partial charge in [0.05, 0.1) is 10.8 Å². The van der Waals surface area contributed by atoms with Gasteiger partial charge in [0.1, 0.15) is 5.75 Å². The molecule has 0 spiro atoms. The number of thioether (sulfide) groups is 1. The highest BCUT2D eigenvalue weighted by molar-refractivity contribution is 7.99. The molecule has 0 saturated heterocycles. The number of ether oxygens (including phenoxy) is 1. The molecule has 1 amide bonds. The number of rotatable bonds is 10. The quantitative estimate of drug-likeness (QED) is 0.297. The predicted octanol–water partition coefficient (Wildman–Crippen LogP) is 5.86. The third-order valence-electron chi connectivity index (χ3n) is 4.79. The Labute approximate surface area is 198 Å². The third kappa shape index (κ3) is 6.14. The number of hydrogen-bond donors (Lipinski definition) is 1. The highest BCUT2D eigenvalue weighted by Gasteiger charge is 2.20. The Kier molecular flexibility index (Phi) is 8.36. The van der Waals surface area contributed by atoms with Gasteiger partial charge in [-0.15, -0.1) is 16.8 Å². The van der Waals surface area contributed by atoms with Crippen molar-refractivity contribution in [2.75, 3.05) is 11.1 Å². The van der Waals surface area contributed by atoms with Crippen molar-refractivity contribution in [2.24, 2.45) is 0 Å². The van der Waals surface area contributed by atoms with Crippen molar-refractivity contribution in [2.45, 2.75) is 45.0 Å². The van der Waals surface area contributed by atoms with Crippen LogP contribution in [0.15, 0.2) is 60.3 Å². The molecule has 0 bridgehead atoms. The van der Waals surface area contributed by atoms with E-state index in [1.165, 1.54) is 17.3 Å². The van der Waals surface area contributed by atoms with E-state index in [0.29, 0.717) is 28.3 Å². The van der Waals surface area contributed by atoms with Crippen LogP contribution < -0.4 is 10.1 Å². The Bertz CT molecular complexity index is 1080. The predicted molar refractivity (Wildman–Crippen MR) is 131 cm³/mol. The summed E-state index contributed by atoms with van der Waals surface area (Å²) in [5.41, 5.74) is 3.06. The first-order valence-corrected chi connectivity index (χ1v) is 11.8. The van der Waals surface area contributed by atoms with Crippen LogP contribution in [0.3, 0.4) is 0 Å². The molecule has 32 heavy (non-hydrogen) atoms. The third-order valence-corrected chi connectivity index (χ3v) is 6.07. The van der Waals surface area contributed by atoms with E-state index in [4.69, 9.17) is 16.3 Å². The molecule has 8 heteroatoms. The lowest BCUT2D eigenvalue weighted by Crippen LogP contribution is -2.15. The van der Waals surface area contributed by atoms with Gasteiger partial charge in [-0.1, -0.05) is 54.6 Å². The van der Waals surface area contributed by atoms with Crippen LogP contribution >= 0.6 is 23.4 Å². The summed E-state index contributed by atoms with van der Waals surface area (Å²) in [5, 5.41) is 12.7. The maximum atomic E-state index is 12.4. The number of nitrogens with one attached hydrogen (secondary N) is 1. The van der Waals surface area contributed by atoms with Crippen LogP contribution in [0.2, 0.25) is 5.02 Å². The normalized spacial score (nSPS) is 11.8. The number of hydrogen-bond acceptors (Lipinski definition) is 5. The number of aryl methyl sites for hydroxylation is 2. The van der Waals surface area contributed by atoms with Gasteiger partial charge in [-0.05, 0) is 55.7 Å². The number of carbonyl (C=O) groups is 1. The van der Waals surface area contributed by atoms with Gasteiger partial charge in [-0.25, -0.2) is 0 Å². The number of anilines is 1. The van der Waals surface area contributed by atoms with Crippen LogP contribution in [0.1, 0.15) is 36.9 Å². The number of halogens is 1. The van der Waals surface area contributed by atoms with E-state index in [0.717, 1.165) is 17.7 Å². The minimum absolute atomic E-state index is 0.107. The second-order valence-electron chi connectivity index (χ2n) is 7.32. The zero-order valence-corrected chi connectivity index (χ0v) is 20.0. The Balaban J connectivity index is 1.67. The van der Waals surface area contributed by atoms with Crippen molar-refractivity contribution in [1.29, 1.82) is 0 Å². The summed E-state index contributed by atoms with van der Waals surface area (Å²) >= 11 is 7.59. The van der Waals surface area contributed by atoms with Crippen molar-refractivity contribution in [3.05, 3.63) is 77.1 Å². The number of amides is 1. The average Bonchev–Trinajstić information content (AvgIpc) is 3.18. The van der Waals surface area contributed by atoms with E-state index in [9.17, 15) is 4.79 Å². The molecule has 1 unspecified atom stereocenters. The van der Waals surface area contributed by atoms with E-state index in [1.54, 1.807) is 6.08 Å². The number of carbonyl (C=O) groups excluding carboxylic acids is 1. The number of benzene rings is 2. The van der Waals surface area contributed by atoms with E-state index >= 15 is 0 Å². The molecular formula is C24H27ClN4O2S. The van der Waals surface area contributed by atoms with Crippen molar-refractivity contribution >= 4 is 35.0 Å². The SMILES string of the molecule is C=CCn1c(SCC(=O)Nc2ccc(CC)cc2)nnc1C(C)Oc1cc(C)ccc1Cl. The Morgan fingerprint density at radius 1 is 1.28 bits per heavy atom. The largest absolute Gasteiger partial charge is 0.481 e. The van der Waals surface area contributed by atoms with Crippen molar-refractivity contribution in [3.8, 4) is 5.75 Å². The van der Waals surface area contributed by atoms with Gasteiger partial charge >= 0.3 is 0 Å². The number of aromatic nitrogens is 3. The minimum Gasteiger partial charge on any atom is -0.481 e. The molecule has 0 aliphatic carbocycles. The molecule has 0 fully saturated rings.